The van der Waals surface area contributed by atoms with Gasteiger partial charge in [0, 0.05) is 5.41 Å². The molecule has 0 N–H and O–H groups in total. The van der Waals surface area contributed by atoms with Crippen LogP contribution in [-0.4, -0.2) is 0 Å². The van der Waals surface area contributed by atoms with Crippen LogP contribution in [0.25, 0.3) is 0 Å². The standard InChI is InChI=1S/C11H13NO/c1-4-10-7-5-6-8-11(10,3)9(2)12-13/h4-7H,1-2,8H2,3H3. The van der Waals surface area contributed by atoms with Gasteiger partial charge in [-0.05, 0) is 24.1 Å². The SMILES string of the molecule is C=CC1=CC=CCC1(C)C(=C)N=O. The zero-order valence-electron chi connectivity index (χ0n) is 7.79. The van der Waals surface area contributed by atoms with E-state index in [9.17, 15) is 4.91 Å². The average molecular weight is 175 g/mol. The lowest BCUT2D eigenvalue weighted by Crippen LogP contribution is -2.20. The van der Waals surface area contributed by atoms with Gasteiger partial charge in [0.15, 0.2) is 0 Å². The van der Waals surface area contributed by atoms with Crippen molar-refractivity contribution in [2.24, 2.45) is 10.6 Å². The Bertz CT molecular complexity index is 312. The van der Waals surface area contributed by atoms with Gasteiger partial charge < -0.3 is 0 Å². The molecule has 0 fully saturated rings. The molecule has 1 atom stereocenters. The van der Waals surface area contributed by atoms with Crippen LogP contribution in [0.15, 0.2) is 53.9 Å². The van der Waals surface area contributed by atoms with E-state index in [2.05, 4.69) is 18.3 Å². The minimum atomic E-state index is -0.363. The second kappa shape index (κ2) is 3.52. The van der Waals surface area contributed by atoms with Crippen LogP contribution in [0.4, 0.5) is 0 Å². The van der Waals surface area contributed by atoms with Crippen molar-refractivity contribution < 1.29 is 0 Å². The maximum atomic E-state index is 10.4. The molecule has 2 heteroatoms. The Balaban J connectivity index is 3.09. The Kier molecular flexibility index (Phi) is 2.61. The molecule has 68 valence electrons. The van der Waals surface area contributed by atoms with Gasteiger partial charge in [-0.2, -0.15) is 0 Å². The van der Waals surface area contributed by atoms with E-state index in [-0.39, 0.29) is 5.41 Å². The summed E-state index contributed by atoms with van der Waals surface area (Å²) in [5.74, 6) is 0. The maximum Gasteiger partial charge on any atom is 0.0883 e. The molecule has 1 unspecified atom stereocenters. The first-order valence-electron chi connectivity index (χ1n) is 4.17. The lowest BCUT2D eigenvalue weighted by atomic mass is 9.74. The van der Waals surface area contributed by atoms with Gasteiger partial charge in [-0.25, -0.2) is 0 Å². The predicted molar refractivity (Wildman–Crippen MR) is 55.1 cm³/mol. The minimum absolute atomic E-state index is 0.363. The molecule has 0 amide bonds. The zero-order chi connectivity index (χ0) is 9.90. The summed E-state index contributed by atoms with van der Waals surface area (Å²) in [6.07, 6.45) is 8.41. The predicted octanol–water partition coefficient (Wildman–Crippen LogP) is 3.35. The van der Waals surface area contributed by atoms with Gasteiger partial charge in [0.2, 0.25) is 0 Å². The van der Waals surface area contributed by atoms with Crippen molar-refractivity contribution in [1.82, 2.24) is 0 Å². The second-order valence-corrected chi connectivity index (χ2v) is 3.33. The molecule has 0 heterocycles. The van der Waals surface area contributed by atoms with Crippen molar-refractivity contribution in [3.05, 3.63) is 53.6 Å². The van der Waals surface area contributed by atoms with E-state index in [4.69, 9.17) is 0 Å². The highest BCUT2D eigenvalue weighted by Crippen LogP contribution is 2.41. The molecular weight excluding hydrogens is 162 g/mol. The molecule has 0 aromatic heterocycles. The Hall–Kier alpha value is -1.44. The third-order valence-electron chi connectivity index (χ3n) is 2.54. The maximum absolute atomic E-state index is 10.4. The summed E-state index contributed by atoms with van der Waals surface area (Å²) in [5, 5.41) is 2.92. The highest BCUT2D eigenvalue weighted by atomic mass is 16.3. The van der Waals surface area contributed by atoms with E-state index in [1.54, 1.807) is 6.08 Å². The summed E-state index contributed by atoms with van der Waals surface area (Å²) in [5.41, 5.74) is 1.00. The molecule has 0 saturated heterocycles. The van der Waals surface area contributed by atoms with Crippen molar-refractivity contribution >= 4 is 0 Å². The van der Waals surface area contributed by atoms with Crippen molar-refractivity contribution in [1.29, 1.82) is 0 Å². The summed E-state index contributed by atoms with van der Waals surface area (Å²) < 4.78 is 0. The molecule has 0 bridgehead atoms. The third kappa shape index (κ3) is 1.52. The topological polar surface area (TPSA) is 29.4 Å². The number of rotatable bonds is 3. The van der Waals surface area contributed by atoms with E-state index in [1.807, 2.05) is 25.2 Å². The first-order chi connectivity index (χ1) is 6.15. The smallest absolute Gasteiger partial charge is 0.0883 e. The molecule has 0 aromatic rings. The molecule has 0 aliphatic heterocycles. The zero-order valence-corrected chi connectivity index (χ0v) is 7.79. The van der Waals surface area contributed by atoms with Gasteiger partial charge >= 0.3 is 0 Å². The molecule has 0 saturated carbocycles. The second-order valence-electron chi connectivity index (χ2n) is 3.33. The summed E-state index contributed by atoms with van der Waals surface area (Å²) in [6.45, 7) is 9.33. The van der Waals surface area contributed by atoms with Crippen molar-refractivity contribution in [2.75, 3.05) is 0 Å². The molecule has 1 aliphatic carbocycles. The van der Waals surface area contributed by atoms with E-state index < -0.39 is 0 Å². The van der Waals surface area contributed by atoms with Gasteiger partial charge in [0.05, 0.1) is 5.70 Å². The monoisotopic (exact) mass is 175 g/mol. The van der Waals surface area contributed by atoms with Crippen LogP contribution in [0.1, 0.15) is 13.3 Å². The van der Waals surface area contributed by atoms with Crippen molar-refractivity contribution in [2.45, 2.75) is 13.3 Å². The van der Waals surface area contributed by atoms with E-state index in [0.29, 0.717) is 5.70 Å². The van der Waals surface area contributed by atoms with E-state index in [1.165, 1.54) is 0 Å². The number of hydrogen-bond acceptors (Lipinski definition) is 2. The molecule has 13 heavy (non-hydrogen) atoms. The Morgan fingerprint density at radius 1 is 1.77 bits per heavy atom. The average Bonchev–Trinajstić information content (AvgIpc) is 2.17. The fraction of sp³-hybridized carbons (Fsp3) is 0.273. The van der Waals surface area contributed by atoms with Crippen molar-refractivity contribution in [3.63, 3.8) is 0 Å². The number of nitroso groups, excluding NO2 is 1. The van der Waals surface area contributed by atoms with Gasteiger partial charge in [0.1, 0.15) is 0 Å². The summed E-state index contributed by atoms with van der Waals surface area (Å²) >= 11 is 0. The third-order valence-corrected chi connectivity index (χ3v) is 2.54. The Labute approximate surface area is 78.3 Å². The Morgan fingerprint density at radius 2 is 2.46 bits per heavy atom. The highest BCUT2D eigenvalue weighted by molar-refractivity contribution is 5.39. The molecule has 0 aromatic carbocycles. The molecule has 1 rings (SSSR count). The highest BCUT2D eigenvalue weighted by Gasteiger charge is 2.31. The number of nitrogens with zero attached hydrogens (tertiary/aromatic N) is 1. The first-order valence-corrected chi connectivity index (χ1v) is 4.17. The van der Waals surface area contributed by atoms with Crippen LogP contribution >= 0.6 is 0 Å². The van der Waals surface area contributed by atoms with Crippen LogP contribution in [-0.2, 0) is 0 Å². The lowest BCUT2D eigenvalue weighted by Gasteiger charge is -2.30. The van der Waals surface area contributed by atoms with Crippen LogP contribution in [0.2, 0.25) is 0 Å². The molecule has 1 aliphatic rings. The molecular formula is C11H13NO. The molecule has 0 radical (unpaired) electrons. The van der Waals surface area contributed by atoms with Crippen molar-refractivity contribution in [3.8, 4) is 0 Å². The fourth-order valence-electron chi connectivity index (χ4n) is 1.46. The van der Waals surface area contributed by atoms with Crippen LogP contribution in [0, 0.1) is 10.3 Å². The molecule has 2 nitrogen and oxygen atoms in total. The lowest BCUT2D eigenvalue weighted by molar-refractivity contribution is 0.489. The minimum Gasteiger partial charge on any atom is -0.145 e. The largest absolute Gasteiger partial charge is 0.145 e. The summed E-state index contributed by atoms with van der Waals surface area (Å²) in [4.78, 5) is 10.4. The molecule has 0 spiro atoms. The Morgan fingerprint density at radius 3 is 3.00 bits per heavy atom. The normalized spacial score (nSPS) is 26.4. The van der Waals surface area contributed by atoms with Gasteiger partial charge in [0.25, 0.3) is 0 Å². The fourth-order valence-corrected chi connectivity index (χ4v) is 1.46. The number of allylic oxidation sites excluding steroid dienone is 5. The number of hydrogen-bond donors (Lipinski definition) is 0. The van der Waals surface area contributed by atoms with Crippen LogP contribution < -0.4 is 0 Å². The summed E-state index contributed by atoms with van der Waals surface area (Å²) in [7, 11) is 0. The quantitative estimate of drug-likeness (QED) is 0.605. The van der Waals surface area contributed by atoms with Gasteiger partial charge in [-0.15, -0.1) is 4.91 Å². The van der Waals surface area contributed by atoms with Crippen LogP contribution in [0.3, 0.4) is 0 Å². The van der Waals surface area contributed by atoms with Gasteiger partial charge in [-0.1, -0.05) is 37.5 Å². The van der Waals surface area contributed by atoms with E-state index in [0.717, 1.165) is 12.0 Å². The van der Waals surface area contributed by atoms with Crippen LogP contribution in [0.5, 0.6) is 0 Å². The van der Waals surface area contributed by atoms with E-state index >= 15 is 0 Å². The first kappa shape index (κ1) is 9.65. The van der Waals surface area contributed by atoms with Gasteiger partial charge in [-0.3, -0.25) is 0 Å². The summed E-state index contributed by atoms with van der Waals surface area (Å²) in [6, 6.07) is 0.